The van der Waals surface area contributed by atoms with Gasteiger partial charge in [0, 0.05) is 7.93 Å². The maximum Gasteiger partial charge on any atom is 0.0424 e. The molecule has 1 unspecified atom stereocenters. The Balaban J connectivity index is 2.54. The second kappa shape index (κ2) is 3.51. The predicted molar refractivity (Wildman–Crippen MR) is 30.8 cm³/mol. The Morgan fingerprint density at radius 3 is 1.80 bits per heavy atom. The maximum atomic E-state index is 5.00. The molecule has 32 valence electrons. The van der Waals surface area contributed by atoms with E-state index in [4.69, 9.17) is 23.6 Å². The summed E-state index contributed by atoms with van der Waals surface area (Å²) in [7, 11) is 0.173. The van der Waals surface area contributed by atoms with Gasteiger partial charge in [-0.15, -0.1) is 16.0 Å². The molecular formula is H2Cl2NPS. The van der Waals surface area contributed by atoms with Crippen LogP contribution in [0.25, 0.3) is 0 Å². The average Bonchev–Trinajstić information content (AvgIpc) is 1.38. The van der Waals surface area contributed by atoms with Crippen LogP contribution in [0, 0.1) is 0 Å². The average molecular weight is 150 g/mol. The number of nitrogens with zero attached hydrogens (tertiary/aromatic N) is 1. The van der Waals surface area contributed by atoms with Gasteiger partial charge in [-0.1, -0.05) is 0 Å². The highest BCUT2D eigenvalue weighted by molar-refractivity contribution is 8.37. The van der Waals surface area contributed by atoms with Crippen molar-refractivity contribution in [3.63, 3.8) is 0 Å². The highest BCUT2D eigenvalue weighted by Gasteiger charge is 1.81. The molecule has 0 saturated carbocycles. The third-order valence-corrected chi connectivity index (χ3v) is 2.04. The van der Waals surface area contributed by atoms with Crippen molar-refractivity contribution in [1.29, 1.82) is 0 Å². The number of rotatable bonds is 1. The number of hydrogen-bond acceptors (Lipinski definition) is 2. The molecule has 0 saturated heterocycles. The lowest BCUT2D eigenvalue weighted by molar-refractivity contribution is 1.23. The van der Waals surface area contributed by atoms with Crippen molar-refractivity contribution in [3.05, 3.63) is 0 Å². The lowest BCUT2D eigenvalue weighted by Gasteiger charge is -1.89. The van der Waals surface area contributed by atoms with E-state index < -0.39 is 0 Å². The van der Waals surface area contributed by atoms with Gasteiger partial charge >= 0.3 is 0 Å². The Morgan fingerprint density at radius 2 is 1.80 bits per heavy atom. The molecule has 0 bridgehead atoms. The van der Waals surface area contributed by atoms with Gasteiger partial charge in [0.2, 0.25) is 0 Å². The Bertz CT molecular complexity index is 23.6. The fraction of sp³-hybridized carbons (Fsp3) is 0. The van der Waals surface area contributed by atoms with Crippen molar-refractivity contribution < 1.29 is 0 Å². The lowest BCUT2D eigenvalue weighted by atomic mass is 13.9. The monoisotopic (exact) mass is 149 g/mol. The molecule has 1 nitrogen and oxygen atoms in total. The van der Waals surface area contributed by atoms with E-state index in [9.17, 15) is 0 Å². The maximum absolute atomic E-state index is 5.00. The van der Waals surface area contributed by atoms with Gasteiger partial charge in [0.25, 0.3) is 0 Å². The molecule has 0 radical (unpaired) electrons. The molecule has 1 atom stereocenters. The zero-order valence-electron chi connectivity index (χ0n) is 2.15. The third kappa shape index (κ3) is 5.32. The Labute approximate surface area is 47.8 Å². The number of thiol groups is 1. The zero-order valence-corrected chi connectivity index (χ0v) is 5.56. The van der Waals surface area contributed by atoms with Crippen molar-refractivity contribution in [1.82, 2.24) is 3.71 Å². The molecule has 0 fully saturated rings. The summed E-state index contributed by atoms with van der Waals surface area (Å²) in [6, 6.07) is 0. The zero-order chi connectivity index (χ0) is 4.28. The summed E-state index contributed by atoms with van der Waals surface area (Å²) in [4.78, 5) is 0. The first-order valence-electron chi connectivity index (χ1n) is 0.785. The normalized spacial score (nSPS) is 12.0. The minimum atomic E-state index is 0.173. The van der Waals surface area contributed by atoms with Crippen molar-refractivity contribution in [2.75, 3.05) is 0 Å². The summed E-state index contributed by atoms with van der Waals surface area (Å²) in [5.74, 6) is 0. The molecule has 0 amide bonds. The molecule has 0 N–H and O–H groups in total. The van der Waals surface area contributed by atoms with Gasteiger partial charge in [0.15, 0.2) is 0 Å². The molecule has 5 heavy (non-hydrogen) atoms. The highest BCUT2D eigenvalue weighted by Crippen LogP contribution is 2.26. The van der Waals surface area contributed by atoms with Crippen molar-refractivity contribution in [2.24, 2.45) is 0 Å². The molecule has 0 aromatic rings. The van der Waals surface area contributed by atoms with Crippen molar-refractivity contribution in [3.8, 4) is 0 Å². The van der Waals surface area contributed by atoms with Crippen LogP contribution in [0.4, 0.5) is 0 Å². The van der Waals surface area contributed by atoms with Crippen LogP contribution in [-0.2, 0) is 0 Å². The van der Waals surface area contributed by atoms with E-state index in [1.807, 2.05) is 0 Å². The third-order valence-electron chi connectivity index (χ3n) is 0.0756. The van der Waals surface area contributed by atoms with E-state index in [1.54, 1.807) is 0 Å². The molecule has 5 heteroatoms. The standard InChI is InChI=1S/Cl2H2NPS/c1-3(2)4-5/h4-5H. The SMILES string of the molecule is SPN(Cl)Cl. The summed E-state index contributed by atoms with van der Waals surface area (Å²) in [6.45, 7) is 0. The Hall–Kier alpha value is 1.32. The molecule has 0 spiro atoms. The van der Waals surface area contributed by atoms with Gasteiger partial charge in [-0.25, -0.2) is 0 Å². The van der Waals surface area contributed by atoms with Crippen LogP contribution in [0.2, 0.25) is 0 Å². The molecule has 0 rings (SSSR count). The molecule has 0 aromatic carbocycles. The van der Waals surface area contributed by atoms with Crippen LogP contribution < -0.4 is 0 Å². The van der Waals surface area contributed by atoms with E-state index in [0.717, 1.165) is 3.71 Å². The van der Waals surface area contributed by atoms with E-state index >= 15 is 0 Å². The fourth-order valence-corrected chi connectivity index (χ4v) is 0. The first kappa shape index (κ1) is 6.32. The molecule has 0 heterocycles. The fourth-order valence-electron chi connectivity index (χ4n) is 0. The van der Waals surface area contributed by atoms with Crippen molar-refractivity contribution in [2.45, 2.75) is 0 Å². The second-order valence-corrected chi connectivity index (χ2v) is 3.00. The van der Waals surface area contributed by atoms with Gasteiger partial charge in [0.05, 0.1) is 0 Å². The van der Waals surface area contributed by atoms with E-state index in [2.05, 4.69) is 12.2 Å². The second-order valence-electron chi connectivity index (χ2n) is 0.333. The van der Waals surface area contributed by atoms with Crippen LogP contribution in [0.1, 0.15) is 0 Å². The molecule has 0 aromatic heterocycles. The summed E-state index contributed by atoms with van der Waals surface area (Å²) in [6.07, 6.45) is 0. The topological polar surface area (TPSA) is 3.24 Å². The van der Waals surface area contributed by atoms with Crippen LogP contribution >= 0.6 is 43.7 Å². The molecule has 0 aliphatic carbocycles. The largest absolute Gasteiger partial charge is 0.136 e. The van der Waals surface area contributed by atoms with Gasteiger partial charge in [-0.3, -0.25) is 0 Å². The molecule has 0 aliphatic heterocycles. The quantitative estimate of drug-likeness (QED) is 0.340. The van der Waals surface area contributed by atoms with Crippen LogP contribution in [-0.4, -0.2) is 3.71 Å². The predicted octanol–water partition coefficient (Wildman–Crippen LogP) is 2.03. The van der Waals surface area contributed by atoms with Gasteiger partial charge < -0.3 is 0 Å². The summed E-state index contributed by atoms with van der Waals surface area (Å²) in [5.41, 5.74) is 0. The van der Waals surface area contributed by atoms with E-state index in [-0.39, 0.29) is 7.93 Å². The van der Waals surface area contributed by atoms with Crippen molar-refractivity contribution >= 4 is 43.7 Å². The minimum Gasteiger partial charge on any atom is -0.136 e. The van der Waals surface area contributed by atoms with E-state index in [0.29, 0.717) is 0 Å². The number of hydrogen-bond donors (Lipinski definition) is 1. The smallest absolute Gasteiger partial charge is 0.0424 e. The van der Waals surface area contributed by atoms with E-state index in [1.165, 1.54) is 0 Å². The minimum absolute atomic E-state index is 0.173. The lowest BCUT2D eigenvalue weighted by Crippen LogP contribution is -1.65. The van der Waals surface area contributed by atoms with Crippen LogP contribution in [0.3, 0.4) is 0 Å². The molecular weight excluding hydrogens is 148 g/mol. The first-order chi connectivity index (χ1) is 2.27. The van der Waals surface area contributed by atoms with Gasteiger partial charge in [-0.2, -0.15) is 0 Å². The Morgan fingerprint density at radius 1 is 1.60 bits per heavy atom. The summed E-state index contributed by atoms with van der Waals surface area (Å²) >= 11 is 13.7. The van der Waals surface area contributed by atoms with Gasteiger partial charge in [-0.05, 0) is 23.6 Å². The van der Waals surface area contributed by atoms with Crippen LogP contribution in [0.15, 0.2) is 0 Å². The summed E-state index contributed by atoms with van der Waals surface area (Å²) in [5, 5.41) is 0. The molecule has 0 aliphatic rings. The highest BCUT2D eigenvalue weighted by atomic mass is 35.5. The van der Waals surface area contributed by atoms with Crippen LogP contribution in [0.5, 0.6) is 0 Å². The first-order valence-corrected chi connectivity index (χ1v) is 3.70. The summed E-state index contributed by atoms with van der Waals surface area (Å²) < 4.78 is 0.961. The Kier molecular flexibility index (Phi) is 4.43. The number of halogens is 2. The van der Waals surface area contributed by atoms with Gasteiger partial charge in [0.1, 0.15) is 0 Å².